The van der Waals surface area contributed by atoms with Gasteiger partial charge in [0, 0.05) is 43.9 Å². The summed E-state index contributed by atoms with van der Waals surface area (Å²) in [5.74, 6) is 0. The molecule has 0 aromatic heterocycles. The molecule has 2 aliphatic heterocycles. The summed E-state index contributed by atoms with van der Waals surface area (Å²) < 4.78 is 11.3. The molecule has 4 heteroatoms. The second-order valence-electron chi connectivity index (χ2n) is 8.50. The van der Waals surface area contributed by atoms with E-state index in [-0.39, 0.29) is 11.1 Å². The lowest BCUT2D eigenvalue weighted by molar-refractivity contribution is -0.0855. The van der Waals surface area contributed by atoms with Crippen LogP contribution in [0.5, 0.6) is 0 Å². The van der Waals surface area contributed by atoms with Gasteiger partial charge in [-0.2, -0.15) is 0 Å². The molecule has 0 unspecified atom stereocenters. The molecule has 0 aromatic carbocycles. The molecular formula is C17H34N2O2. The van der Waals surface area contributed by atoms with E-state index in [9.17, 15) is 0 Å². The Kier molecular flexibility index (Phi) is 5.35. The van der Waals surface area contributed by atoms with Crippen LogP contribution in [0.25, 0.3) is 0 Å². The number of ether oxygens (including phenoxy) is 2. The lowest BCUT2D eigenvalue weighted by Gasteiger charge is -2.49. The molecule has 4 nitrogen and oxygen atoms in total. The minimum absolute atomic E-state index is 0.144. The van der Waals surface area contributed by atoms with Crippen molar-refractivity contribution < 1.29 is 9.47 Å². The quantitative estimate of drug-likeness (QED) is 0.863. The SMILES string of the molecule is CC(C)(C)NCC1(CN2CCOCC2(C)C)CCOCC1. The van der Waals surface area contributed by atoms with E-state index in [4.69, 9.17) is 9.47 Å². The highest BCUT2D eigenvalue weighted by atomic mass is 16.5. The van der Waals surface area contributed by atoms with E-state index in [1.165, 1.54) is 0 Å². The molecule has 0 spiro atoms. The number of hydrogen-bond donors (Lipinski definition) is 1. The molecule has 2 heterocycles. The Morgan fingerprint density at radius 2 is 1.71 bits per heavy atom. The van der Waals surface area contributed by atoms with Gasteiger partial charge in [0.05, 0.1) is 13.2 Å². The van der Waals surface area contributed by atoms with Crippen molar-refractivity contribution in [2.45, 2.75) is 58.5 Å². The number of morpholine rings is 1. The van der Waals surface area contributed by atoms with Crippen LogP contribution in [-0.4, -0.2) is 62.0 Å². The first-order chi connectivity index (χ1) is 9.73. The van der Waals surface area contributed by atoms with Crippen molar-refractivity contribution >= 4 is 0 Å². The van der Waals surface area contributed by atoms with E-state index >= 15 is 0 Å². The van der Waals surface area contributed by atoms with E-state index in [2.05, 4.69) is 44.8 Å². The molecule has 2 rings (SSSR count). The molecule has 0 aromatic rings. The maximum atomic E-state index is 5.67. The highest BCUT2D eigenvalue weighted by molar-refractivity contribution is 4.94. The van der Waals surface area contributed by atoms with Crippen LogP contribution in [0.1, 0.15) is 47.5 Å². The predicted octanol–water partition coefficient (Wildman–Crippen LogP) is 2.28. The zero-order valence-electron chi connectivity index (χ0n) is 14.6. The Morgan fingerprint density at radius 1 is 1.05 bits per heavy atom. The van der Waals surface area contributed by atoms with E-state index in [1.807, 2.05) is 0 Å². The van der Waals surface area contributed by atoms with Crippen molar-refractivity contribution in [1.82, 2.24) is 10.2 Å². The standard InChI is InChI=1S/C17H34N2O2/c1-15(2,3)18-12-17(6-9-20-10-7-17)13-19-8-11-21-14-16(19,4)5/h18H,6-14H2,1-5H3. The van der Waals surface area contributed by atoms with E-state index in [1.54, 1.807) is 0 Å². The molecule has 0 aliphatic carbocycles. The maximum absolute atomic E-state index is 5.67. The largest absolute Gasteiger partial charge is 0.381 e. The molecule has 2 saturated heterocycles. The van der Waals surface area contributed by atoms with Crippen LogP contribution >= 0.6 is 0 Å². The number of hydrogen-bond acceptors (Lipinski definition) is 4. The van der Waals surface area contributed by atoms with Crippen LogP contribution in [0.15, 0.2) is 0 Å². The Bertz CT molecular complexity index is 330. The Labute approximate surface area is 130 Å². The van der Waals surface area contributed by atoms with Crippen molar-refractivity contribution in [2.24, 2.45) is 5.41 Å². The summed E-state index contributed by atoms with van der Waals surface area (Å²) in [4.78, 5) is 2.63. The normalized spacial score (nSPS) is 26.7. The smallest absolute Gasteiger partial charge is 0.0645 e. The highest BCUT2D eigenvalue weighted by Gasteiger charge is 2.40. The fourth-order valence-corrected chi connectivity index (χ4v) is 3.24. The molecular weight excluding hydrogens is 264 g/mol. The molecule has 124 valence electrons. The zero-order valence-corrected chi connectivity index (χ0v) is 14.6. The third kappa shape index (κ3) is 4.92. The summed E-state index contributed by atoms with van der Waals surface area (Å²) in [5, 5.41) is 3.74. The van der Waals surface area contributed by atoms with Crippen molar-refractivity contribution in [3.63, 3.8) is 0 Å². The van der Waals surface area contributed by atoms with Gasteiger partial charge in [0.1, 0.15) is 0 Å². The van der Waals surface area contributed by atoms with Gasteiger partial charge in [-0.3, -0.25) is 4.90 Å². The highest BCUT2D eigenvalue weighted by Crippen LogP contribution is 2.34. The number of nitrogens with zero attached hydrogens (tertiary/aromatic N) is 1. The Hall–Kier alpha value is -0.160. The number of nitrogens with one attached hydrogen (secondary N) is 1. The zero-order chi connectivity index (χ0) is 15.6. The van der Waals surface area contributed by atoms with Gasteiger partial charge in [0.2, 0.25) is 0 Å². The topological polar surface area (TPSA) is 33.7 Å². The van der Waals surface area contributed by atoms with Crippen molar-refractivity contribution in [3.8, 4) is 0 Å². The molecule has 0 amide bonds. The average Bonchev–Trinajstić information content (AvgIpc) is 2.40. The summed E-state index contributed by atoms with van der Waals surface area (Å²) in [6, 6.07) is 0. The van der Waals surface area contributed by atoms with Gasteiger partial charge in [-0.1, -0.05) is 0 Å². The van der Waals surface area contributed by atoms with E-state index < -0.39 is 0 Å². The van der Waals surface area contributed by atoms with E-state index in [0.29, 0.717) is 5.41 Å². The van der Waals surface area contributed by atoms with Gasteiger partial charge < -0.3 is 14.8 Å². The van der Waals surface area contributed by atoms with Crippen LogP contribution in [0.3, 0.4) is 0 Å². The Morgan fingerprint density at radius 3 is 2.29 bits per heavy atom. The van der Waals surface area contributed by atoms with Crippen LogP contribution in [0, 0.1) is 5.41 Å². The molecule has 0 bridgehead atoms. The first kappa shape index (κ1) is 17.2. The summed E-state index contributed by atoms with van der Waals surface area (Å²) >= 11 is 0. The third-order valence-electron chi connectivity index (χ3n) is 4.89. The third-order valence-corrected chi connectivity index (χ3v) is 4.89. The molecule has 2 aliphatic rings. The lowest BCUT2D eigenvalue weighted by atomic mass is 9.78. The van der Waals surface area contributed by atoms with Gasteiger partial charge >= 0.3 is 0 Å². The lowest BCUT2D eigenvalue weighted by Crippen LogP contribution is -2.59. The molecule has 21 heavy (non-hydrogen) atoms. The summed E-state index contributed by atoms with van der Waals surface area (Å²) in [6.07, 6.45) is 2.31. The first-order valence-corrected chi connectivity index (χ1v) is 8.38. The summed E-state index contributed by atoms with van der Waals surface area (Å²) in [5.41, 5.74) is 0.650. The predicted molar refractivity (Wildman–Crippen MR) is 86.7 cm³/mol. The molecule has 0 saturated carbocycles. The average molecular weight is 298 g/mol. The molecule has 0 radical (unpaired) electrons. The number of rotatable bonds is 4. The van der Waals surface area contributed by atoms with Crippen molar-refractivity contribution in [3.05, 3.63) is 0 Å². The molecule has 1 N–H and O–H groups in total. The van der Waals surface area contributed by atoms with Crippen LogP contribution in [-0.2, 0) is 9.47 Å². The van der Waals surface area contributed by atoms with Crippen molar-refractivity contribution in [1.29, 1.82) is 0 Å². The Balaban J connectivity index is 2.04. The summed E-state index contributed by atoms with van der Waals surface area (Å²) in [6.45, 7) is 18.1. The molecule has 2 fully saturated rings. The maximum Gasteiger partial charge on any atom is 0.0645 e. The van der Waals surface area contributed by atoms with Crippen LogP contribution in [0.4, 0.5) is 0 Å². The minimum atomic E-state index is 0.144. The van der Waals surface area contributed by atoms with E-state index in [0.717, 1.165) is 58.9 Å². The van der Waals surface area contributed by atoms with Gasteiger partial charge in [-0.05, 0) is 52.9 Å². The van der Waals surface area contributed by atoms with Gasteiger partial charge in [0.25, 0.3) is 0 Å². The van der Waals surface area contributed by atoms with Crippen LogP contribution in [0.2, 0.25) is 0 Å². The van der Waals surface area contributed by atoms with Gasteiger partial charge in [-0.25, -0.2) is 0 Å². The summed E-state index contributed by atoms with van der Waals surface area (Å²) in [7, 11) is 0. The fraction of sp³-hybridized carbons (Fsp3) is 1.00. The monoisotopic (exact) mass is 298 g/mol. The van der Waals surface area contributed by atoms with Crippen molar-refractivity contribution in [2.75, 3.05) is 46.1 Å². The minimum Gasteiger partial charge on any atom is -0.381 e. The second-order valence-corrected chi connectivity index (χ2v) is 8.50. The molecule has 0 atom stereocenters. The fourth-order valence-electron chi connectivity index (χ4n) is 3.24. The first-order valence-electron chi connectivity index (χ1n) is 8.38. The van der Waals surface area contributed by atoms with Gasteiger partial charge in [-0.15, -0.1) is 0 Å². The second kappa shape index (κ2) is 6.53. The van der Waals surface area contributed by atoms with Crippen LogP contribution < -0.4 is 5.32 Å². The van der Waals surface area contributed by atoms with Gasteiger partial charge in [0.15, 0.2) is 0 Å².